The lowest BCUT2D eigenvalue weighted by Gasteiger charge is -2.16. The van der Waals surface area contributed by atoms with Gasteiger partial charge in [0.25, 0.3) is 0 Å². The van der Waals surface area contributed by atoms with Crippen LogP contribution in [0.4, 0.5) is 5.69 Å². The van der Waals surface area contributed by atoms with E-state index in [4.69, 9.17) is 5.73 Å². The molecule has 21 heavy (non-hydrogen) atoms. The van der Waals surface area contributed by atoms with Gasteiger partial charge in [0, 0.05) is 31.7 Å². The summed E-state index contributed by atoms with van der Waals surface area (Å²) in [4.78, 5) is 25.1. The number of nitrogens with one attached hydrogen (secondary N) is 2. The topological polar surface area (TPSA) is 87.5 Å². The summed E-state index contributed by atoms with van der Waals surface area (Å²) in [5.41, 5.74) is 7.28. The lowest BCUT2D eigenvalue weighted by atomic mass is 10.1. The van der Waals surface area contributed by atoms with E-state index in [0.29, 0.717) is 32.6 Å². The third-order valence-corrected chi connectivity index (χ3v) is 3.02. The molecule has 0 fully saturated rings. The minimum atomic E-state index is -0.0846. The summed E-state index contributed by atoms with van der Waals surface area (Å²) >= 11 is 0. The van der Waals surface area contributed by atoms with E-state index in [1.165, 1.54) is 0 Å². The molecule has 6 nitrogen and oxygen atoms in total. The van der Waals surface area contributed by atoms with Crippen LogP contribution in [0.5, 0.6) is 0 Å². The van der Waals surface area contributed by atoms with E-state index in [0.717, 1.165) is 11.3 Å². The highest BCUT2D eigenvalue weighted by Crippen LogP contribution is 2.14. The lowest BCUT2D eigenvalue weighted by molar-refractivity contribution is -0.122. The first-order valence-electron chi connectivity index (χ1n) is 7.09. The van der Waals surface area contributed by atoms with Crippen LogP contribution < -0.4 is 16.4 Å². The van der Waals surface area contributed by atoms with Crippen molar-refractivity contribution in [3.05, 3.63) is 29.8 Å². The van der Waals surface area contributed by atoms with Crippen LogP contribution in [0.15, 0.2) is 24.3 Å². The minimum Gasteiger partial charge on any atom is -0.355 e. The van der Waals surface area contributed by atoms with E-state index in [-0.39, 0.29) is 11.8 Å². The largest absolute Gasteiger partial charge is 0.355 e. The Bertz CT molecular complexity index is 476. The summed E-state index contributed by atoms with van der Waals surface area (Å²) in [5.74, 6) is -0.118. The van der Waals surface area contributed by atoms with Crippen LogP contribution in [0, 0.1) is 0 Å². The molecule has 0 aromatic heterocycles. The van der Waals surface area contributed by atoms with Crippen LogP contribution in [0.3, 0.4) is 0 Å². The van der Waals surface area contributed by atoms with Crippen LogP contribution in [0.1, 0.15) is 18.9 Å². The Balaban J connectivity index is 2.38. The van der Waals surface area contributed by atoms with Gasteiger partial charge < -0.3 is 16.4 Å². The van der Waals surface area contributed by atoms with Crippen LogP contribution in [0.25, 0.3) is 0 Å². The normalized spacial score (nSPS) is 10.5. The Hall–Kier alpha value is -1.92. The maximum absolute atomic E-state index is 11.9. The molecule has 0 bridgehead atoms. The standard InChI is InChI=1S/C15H24N4O2/c1-3-17-15(21)11-19(2)9-8-14(20)18-13-7-5-4-6-12(13)10-16/h4-7H,3,8-11,16H2,1-2H3,(H,17,21)(H,18,20). The van der Waals surface area contributed by atoms with Crippen LogP contribution in [-0.4, -0.2) is 43.4 Å². The van der Waals surface area contributed by atoms with Crippen molar-refractivity contribution in [3.63, 3.8) is 0 Å². The molecule has 0 aliphatic carbocycles. The summed E-state index contributed by atoms with van der Waals surface area (Å²) in [6, 6.07) is 7.46. The molecule has 1 rings (SSSR count). The van der Waals surface area contributed by atoms with Crippen molar-refractivity contribution in [1.29, 1.82) is 0 Å². The molecule has 0 heterocycles. The Kier molecular flexibility index (Phi) is 7.42. The molecule has 0 saturated heterocycles. The smallest absolute Gasteiger partial charge is 0.234 e. The first kappa shape index (κ1) is 17.1. The van der Waals surface area contributed by atoms with Crippen molar-refractivity contribution >= 4 is 17.5 Å². The number of rotatable bonds is 8. The average molecular weight is 292 g/mol. The second kappa shape index (κ2) is 9.10. The molecule has 1 aromatic carbocycles. The molecule has 0 spiro atoms. The van der Waals surface area contributed by atoms with Crippen LogP contribution in [0.2, 0.25) is 0 Å². The van der Waals surface area contributed by atoms with E-state index in [9.17, 15) is 9.59 Å². The van der Waals surface area contributed by atoms with Gasteiger partial charge in [-0.05, 0) is 25.6 Å². The second-order valence-corrected chi connectivity index (χ2v) is 4.85. The fourth-order valence-electron chi connectivity index (χ4n) is 1.90. The molecule has 0 saturated carbocycles. The van der Waals surface area contributed by atoms with E-state index in [2.05, 4.69) is 10.6 Å². The van der Waals surface area contributed by atoms with Crippen LogP contribution >= 0.6 is 0 Å². The zero-order valence-electron chi connectivity index (χ0n) is 12.7. The number of anilines is 1. The highest BCUT2D eigenvalue weighted by molar-refractivity contribution is 5.91. The number of likely N-dealkylation sites (N-methyl/N-ethyl adjacent to an activating group) is 2. The molecule has 1 aromatic rings. The van der Waals surface area contributed by atoms with Gasteiger partial charge in [0.2, 0.25) is 11.8 Å². The van der Waals surface area contributed by atoms with Gasteiger partial charge >= 0.3 is 0 Å². The first-order valence-corrected chi connectivity index (χ1v) is 7.09. The van der Waals surface area contributed by atoms with Crippen LogP contribution in [-0.2, 0) is 16.1 Å². The predicted octanol–water partition coefficient (Wildman–Crippen LogP) is 0.542. The molecule has 0 unspecified atom stereocenters. The molecule has 0 aliphatic heterocycles. The number of carbonyl (C=O) groups excluding carboxylic acids is 2. The summed E-state index contributed by atoms with van der Waals surface area (Å²) in [7, 11) is 1.82. The van der Waals surface area contributed by atoms with Crippen molar-refractivity contribution in [2.45, 2.75) is 19.9 Å². The Morgan fingerprint density at radius 3 is 2.62 bits per heavy atom. The number of hydrogen-bond donors (Lipinski definition) is 3. The SMILES string of the molecule is CCNC(=O)CN(C)CCC(=O)Nc1ccccc1CN. The lowest BCUT2D eigenvalue weighted by Crippen LogP contribution is -2.36. The molecule has 0 aliphatic rings. The fraction of sp³-hybridized carbons (Fsp3) is 0.467. The zero-order chi connectivity index (χ0) is 15.7. The number of nitrogens with two attached hydrogens (primary N) is 1. The van der Waals surface area contributed by atoms with Gasteiger partial charge in [0.1, 0.15) is 0 Å². The maximum atomic E-state index is 11.9. The number of carbonyl (C=O) groups is 2. The summed E-state index contributed by atoms with van der Waals surface area (Å²) in [6.45, 7) is 3.69. The Labute approximate surface area is 125 Å². The van der Waals surface area contributed by atoms with E-state index in [1.54, 1.807) is 0 Å². The summed E-state index contributed by atoms with van der Waals surface area (Å²) < 4.78 is 0. The minimum absolute atomic E-state index is 0.0334. The summed E-state index contributed by atoms with van der Waals surface area (Å²) in [6.07, 6.45) is 0.328. The monoisotopic (exact) mass is 292 g/mol. The van der Waals surface area contributed by atoms with Crippen molar-refractivity contribution in [2.24, 2.45) is 5.73 Å². The predicted molar refractivity (Wildman–Crippen MR) is 83.8 cm³/mol. The molecule has 116 valence electrons. The second-order valence-electron chi connectivity index (χ2n) is 4.85. The summed E-state index contributed by atoms with van der Waals surface area (Å²) in [5, 5.41) is 5.57. The van der Waals surface area contributed by atoms with Gasteiger partial charge in [-0.15, -0.1) is 0 Å². The maximum Gasteiger partial charge on any atom is 0.234 e. The highest BCUT2D eigenvalue weighted by Gasteiger charge is 2.09. The number of nitrogens with zero attached hydrogens (tertiary/aromatic N) is 1. The van der Waals surface area contributed by atoms with Crippen molar-refractivity contribution in [3.8, 4) is 0 Å². The molecule has 0 radical (unpaired) electrons. The third-order valence-electron chi connectivity index (χ3n) is 3.02. The third kappa shape index (κ3) is 6.37. The number of para-hydroxylation sites is 1. The first-order chi connectivity index (χ1) is 10.1. The molecular weight excluding hydrogens is 268 g/mol. The van der Waals surface area contributed by atoms with E-state index in [1.807, 2.05) is 43.1 Å². The quantitative estimate of drug-likeness (QED) is 0.652. The number of amides is 2. The van der Waals surface area contributed by atoms with Gasteiger partial charge in [-0.1, -0.05) is 18.2 Å². The van der Waals surface area contributed by atoms with Gasteiger partial charge in [-0.3, -0.25) is 14.5 Å². The van der Waals surface area contributed by atoms with E-state index >= 15 is 0 Å². The van der Waals surface area contributed by atoms with Gasteiger partial charge in [0.05, 0.1) is 6.54 Å². The van der Waals surface area contributed by atoms with Gasteiger partial charge in [-0.25, -0.2) is 0 Å². The molecule has 0 atom stereocenters. The number of benzene rings is 1. The van der Waals surface area contributed by atoms with Crippen molar-refractivity contribution in [1.82, 2.24) is 10.2 Å². The Morgan fingerprint density at radius 2 is 1.95 bits per heavy atom. The molecule has 2 amide bonds. The average Bonchev–Trinajstić information content (AvgIpc) is 2.46. The number of hydrogen-bond acceptors (Lipinski definition) is 4. The Morgan fingerprint density at radius 1 is 1.24 bits per heavy atom. The zero-order valence-corrected chi connectivity index (χ0v) is 12.7. The highest BCUT2D eigenvalue weighted by atomic mass is 16.2. The molecule has 4 N–H and O–H groups in total. The van der Waals surface area contributed by atoms with Crippen molar-refractivity contribution < 1.29 is 9.59 Å². The van der Waals surface area contributed by atoms with Gasteiger partial charge in [0.15, 0.2) is 0 Å². The van der Waals surface area contributed by atoms with E-state index < -0.39 is 0 Å². The van der Waals surface area contributed by atoms with Crippen molar-refractivity contribution in [2.75, 3.05) is 32.0 Å². The van der Waals surface area contributed by atoms with Gasteiger partial charge in [-0.2, -0.15) is 0 Å². The fourth-order valence-corrected chi connectivity index (χ4v) is 1.90. The molecule has 6 heteroatoms. The molecular formula is C15H24N4O2.